The number of unbranched alkanes of at least 4 members (excludes halogenated alkanes) is 1. The molecule has 0 aliphatic heterocycles. The zero-order chi connectivity index (χ0) is 20.9. The Morgan fingerprint density at radius 2 is 1.96 bits per heavy atom. The topological polar surface area (TPSA) is 96.1 Å². The zero-order valence-corrected chi connectivity index (χ0v) is 19.4. The van der Waals surface area contributed by atoms with Crippen LogP contribution in [0.5, 0.6) is 0 Å². The lowest BCUT2D eigenvalue weighted by atomic mass is 10.1. The summed E-state index contributed by atoms with van der Waals surface area (Å²) in [5.74, 6) is 0.393. The molecular weight excluding hydrogens is 394 g/mol. The summed E-state index contributed by atoms with van der Waals surface area (Å²) in [6.45, 7) is 13.1. The van der Waals surface area contributed by atoms with Crippen molar-refractivity contribution in [3.05, 3.63) is 17.4 Å². The Labute approximate surface area is 173 Å². The van der Waals surface area contributed by atoms with Crippen molar-refractivity contribution in [3.63, 3.8) is 0 Å². The normalized spacial score (nSPS) is 12.5. The van der Waals surface area contributed by atoms with Crippen LogP contribution in [0.4, 0.5) is 11.7 Å². The van der Waals surface area contributed by atoms with Crippen molar-refractivity contribution in [1.29, 1.82) is 0 Å². The first-order chi connectivity index (χ1) is 13.0. The quantitative estimate of drug-likeness (QED) is 0.274. The van der Waals surface area contributed by atoms with Gasteiger partial charge in [-0.15, -0.1) is 5.10 Å². The predicted octanol–water partition coefficient (Wildman–Crippen LogP) is 5.17. The van der Waals surface area contributed by atoms with Gasteiger partial charge in [0, 0.05) is 18.8 Å². The summed E-state index contributed by atoms with van der Waals surface area (Å²) in [7, 11) is -2.15. The van der Waals surface area contributed by atoms with E-state index in [0.717, 1.165) is 37.1 Å². The van der Waals surface area contributed by atoms with E-state index < -0.39 is 8.32 Å². The van der Waals surface area contributed by atoms with Gasteiger partial charge in [-0.25, -0.2) is 4.98 Å². The van der Waals surface area contributed by atoms with Crippen LogP contribution >= 0.6 is 11.6 Å². The number of hydrogen-bond donors (Lipinski definition) is 3. The minimum absolute atomic E-state index is 0.00601. The average molecular weight is 426 g/mol. The molecular formula is C19H32ClN5O2Si. The van der Waals surface area contributed by atoms with Crippen LogP contribution in [0.2, 0.25) is 23.3 Å². The van der Waals surface area contributed by atoms with E-state index in [-0.39, 0.29) is 11.1 Å². The van der Waals surface area contributed by atoms with Gasteiger partial charge in [-0.1, -0.05) is 37.0 Å². The third kappa shape index (κ3) is 6.18. The monoisotopic (exact) mass is 425 g/mol. The highest BCUT2D eigenvalue weighted by molar-refractivity contribution is 6.72. The van der Waals surface area contributed by atoms with Gasteiger partial charge in [-0.2, -0.15) is 0 Å². The fourth-order valence-corrected chi connectivity index (χ4v) is 3.57. The number of rotatable bonds is 10. The van der Waals surface area contributed by atoms with Crippen molar-refractivity contribution < 1.29 is 9.21 Å². The molecule has 0 radical (unpaired) electrons. The molecule has 0 aromatic carbocycles. The van der Waals surface area contributed by atoms with Gasteiger partial charge in [0.2, 0.25) is 0 Å². The number of nitrogens with one attached hydrogen (secondary N) is 2. The maximum absolute atomic E-state index is 10.4. The van der Waals surface area contributed by atoms with Gasteiger partial charge in [0.25, 0.3) is 5.89 Å². The average Bonchev–Trinajstić information content (AvgIpc) is 3.01. The van der Waals surface area contributed by atoms with Gasteiger partial charge in [0.15, 0.2) is 8.32 Å². The molecule has 0 aliphatic carbocycles. The summed E-state index contributed by atoms with van der Waals surface area (Å²) in [5.41, 5.74) is 1.53. The molecule has 3 N–H and O–H groups in total. The number of halogens is 1. The van der Waals surface area contributed by atoms with E-state index >= 15 is 0 Å². The SMILES string of the molecule is CC(C)Nc1cc(Cl)ncc1-c1nnc(NCCCCC(C)(C)[Si](C)(C)O)o1. The van der Waals surface area contributed by atoms with Gasteiger partial charge in [-0.3, -0.25) is 0 Å². The van der Waals surface area contributed by atoms with Crippen LogP contribution in [-0.4, -0.2) is 40.9 Å². The van der Waals surface area contributed by atoms with E-state index in [2.05, 4.69) is 39.7 Å². The maximum Gasteiger partial charge on any atom is 0.315 e. The number of aromatic nitrogens is 3. The van der Waals surface area contributed by atoms with E-state index in [1.165, 1.54) is 0 Å². The van der Waals surface area contributed by atoms with Crippen molar-refractivity contribution in [3.8, 4) is 11.5 Å². The summed E-state index contributed by atoms with van der Waals surface area (Å²) in [4.78, 5) is 14.5. The van der Waals surface area contributed by atoms with Crippen LogP contribution in [0.3, 0.4) is 0 Å². The molecule has 0 saturated heterocycles. The van der Waals surface area contributed by atoms with Crippen LogP contribution in [-0.2, 0) is 0 Å². The van der Waals surface area contributed by atoms with E-state index in [9.17, 15) is 4.80 Å². The lowest BCUT2D eigenvalue weighted by Crippen LogP contribution is -2.38. The Morgan fingerprint density at radius 3 is 2.61 bits per heavy atom. The second-order valence-corrected chi connectivity index (χ2v) is 13.4. The zero-order valence-electron chi connectivity index (χ0n) is 17.6. The van der Waals surface area contributed by atoms with E-state index in [0.29, 0.717) is 17.1 Å². The van der Waals surface area contributed by atoms with Gasteiger partial charge in [0.1, 0.15) is 5.15 Å². The highest BCUT2D eigenvalue weighted by Gasteiger charge is 2.37. The van der Waals surface area contributed by atoms with Gasteiger partial charge >= 0.3 is 6.01 Å². The van der Waals surface area contributed by atoms with Crippen molar-refractivity contribution >= 4 is 31.6 Å². The largest absolute Gasteiger partial charge is 0.432 e. The molecule has 0 saturated carbocycles. The highest BCUT2D eigenvalue weighted by atomic mass is 35.5. The van der Waals surface area contributed by atoms with Gasteiger partial charge in [-0.05, 0) is 50.9 Å². The smallest absolute Gasteiger partial charge is 0.315 e. The number of anilines is 2. The van der Waals surface area contributed by atoms with Crippen LogP contribution < -0.4 is 10.6 Å². The lowest BCUT2D eigenvalue weighted by Gasteiger charge is -2.35. The number of hydrogen-bond acceptors (Lipinski definition) is 7. The summed E-state index contributed by atoms with van der Waals surface area (Å²) in [5, 5.41) is 15.1. The number of nitrogens with zero attached hydrogens (tertiary/aromatic N) is 3. The molecule has 0 atom stereocenters. The molecule has 156 valence electrons. The summed E-state index contributed by atoms with van der Waals surface area (Å²) >= 11 is 6.01. The second kappa shape index (κ2) is 9.24. The molecule has 0 bridgehead atoms. The summed E-state index contributed by atoms with van der Waals surface area (Å²) in [6, 6.07) is 2.37. The summed E-state index contributed by atoms with van der Waals surface area (Å²) < 4.78 is 5.74. The molecule has 2 aromatic heterocycles. The van der Waals surface area contributed by atoms with Crippen molar-refractivity contribution in [2.24, 2.45) is 0 Å². The van der Waals surface area contributed by atoms with Crippen LogP contribution in [0.15, 0.2) is 16.7 Å². The van der Waals surface area contributed by atoms with Crippen LogP contribution in [0.25, 0.3) is 11.5 Å². The Kier molecular flexibility index (Phi) is 7.47. The van der Waals surface area contributed by atoms with E-state index in [1.54, 1.807) is 12.3 Å². The van der Waals surface area contributed by atoms with Gasteiger partial charge in [0.05, 0.1) is 11.3 Å². The lowest BCUT2D eigenvalue weighted by molar-refractivity contribution is 0.439. The molecule has 0 fully saturated rings. The van der Waals surface area contributed by atoms with E-state index in [1.807, 2.05) is 26.9 Å². The van der Waals surface area contributed by atoms with Crippen molar-refractivity contribution in [2.75, 3.05) is 17.2 Å². The number of pyridine rings is 1. The standard InChI is InChI=1S/C19H32ClN5O2Si/c1-13(2)23-15-11-16(20)22-12-14(15)17-24-25-18(27-17)21-10-8-7-9-19(3,4)28(5,6)26/h11-13,26H,7-10H2,1-6H3,(H,21,25)(H,22,23). The molecule has 9 heteroatoms. The Hall–Kier alpha value is -1.64. The fraction of sp³-hybridized carbons (Fsp3) is 0.632. The highest BCUT2D eigenvalue weighted by Crippen LogP contribution is 2.40. The molecule has 2 heterocycles. The Balaban J connectivity index is 1.91. The first-order valence-corrected chi connectivity index (χ1v) is 13.0. The van der Waals surface area contributed by atoms with Crippen molar-refractivity contribution in [1.82, 2.24) is 15.2 Å². The second-order valence-electron chi connectivity index (χ2n) is 8.59. The molecule has 0 spiro atoms. The third-order valence-electron chi connectivity index (χ3n) is 5.13. The fourth-order valence-electron chi connectivity index (χ4n) is 2.63. The van der Waals surface area contributed by atoms with Gasteiger partial charge < -0.3 is 19.8 Å². The maximum atomic E-state index is 10.4. The molecule has 0 aliphatic rings. The molecule has 2 rings (SSSR count). The first kappa shape index (κ1) is 22.6. The van der Waals surface area contributed by atoms with E-state index in [4.69, 9.17) is 16.0 Å². The van der Waals surface area contributed by atoms with Crippen LogP contribution in [0, 0.1) is 0 Å². The predicted molar refractivity (Wildman–Crippen MR) is 117 cm³/mol. The Bertz CT molecular complexity index is 774. The Morgan fingerprint density at radius 1 is 1.25 bits per heavy atom. The van der Waals surface area contributed by atoms with Crippen LogP contribution in [0.1, 0.15) is 47.0 Å². The third-order valence-corrected chi connectivity index (χ3v) is 8.90. The van der Waals surface area contributed by atoms with Crippen molar-refractivity contribution in [2.45, 2.75) is 71.1 Å². The molecule has 28 heavy (non-hydrogen) atoms. The molecule has 2 aromatic rings. The molecule has 0 unspecified atom stereocenters. The molecule has 0 amide bonds. The minimum atomic E-state index is -2.15. The summed E-state index contributed by atoms with van der Waals surface area (Å²) in [6.07, 6.45) is 4.63. The molecule has 7 nitrogen and oxygen atoms in total. The minimum Gasteiger partial charge on any atom is -0.432 e. The first-order valence-electron chi connectivity index (χ1n) is 9.72.